The van der Waals surface area contributed by atoms with E-state index in [1.165, 1.54) is 0 Å². The van der Waals surface area contributed by atoms with Crippen LogP contribution >= 0.6 is 0 Å². The molecule has 20 heavy (non-hydrogen) atoms. The molecule has 1 aromatic heterocycles. The van der Waals surface area contributed by atoms with Crippen LogP contribution in [0.5, 0.6) is 0 Å². The molecule has 1 aliphatic rings. The van der Waals surface area contributed by atoms with Crippen molar-refractivity contribution in [1.29, 1.82) is 0 Å². The highest BCUT2D eigenvalue weighted by atomic mass is 16.1. The smallest absolute Gasteiger partial charge is 0.240 e. The number of piperidine rings is 1. The van der Waals surface area contributed by atoms with E-state index in [2.05, 4.69) is 9.88 Å². The van der Waals surface area contributed by atoms with Gasteiger partial charge in [-0.15, -0.1) is 0 Å². The first-order valence-electron chi connectivity index (χ1n) is 6.87. The summed E-state index contributed by atoms with van der Waals surface area (Å²) >= 11 is 0. The number of para-hydroxylation sites is 1. The predicted molar refractivity (Wildman–Crippen MR) is 80.3 cm³/mol. The number of primary amides is 1. The van der Waals surface area contributed by atoms with Gasteiger partial charge in [0.25, 0.3) is 0 Å². The van der Waals surface area contributed by atoms with Crippen molar-refractivity contribution in [3.8, 4) is 0 Å². The molecule has 1 aromatic carbocycles. The average molecular weight is 270 g/mol. The molecule has 3 rings (SSSR count). The van der Waals surface area contributed by atoms with Gasteiger partial charge in [-0.2, -0.15) is 0 Å². The lowest BCUT2D eigenvalue weighted by molar-refractivity contribution is -0.119. The fourth-order valence-corrected chi connectivity index (χ4v) is 2.95. The Labute approximate surface area is 117 Å². The van der Waals surface area contributed by atoms with E-state index < -0.39 is 0 Å². The van der Waals surface area contributed by atoms with Gasteiger partial charge in [-0.25, -0.2) is 0 Å². The van der Waals surface area contributed by atoms with Gasteiger partial charge in [0.05, 0.1) is 11.2 Å². The Kier molecular flexibility index (Phi) is 3.18. The number of fused-ring (bicyclic) bond motifs is 1. The number of hydrogen-bond acceptors (Lipinski definition) is 4. The van der Waals surface area contributed by atoms with Crippen LogP contribution < -0.4 is 16.4 Å². The largest absolute Gasteiger partial charge is 0.397 e. The number of anilines is 2. The number of nitrogens with two attached hydrogens (primary N) is 2. The molecule has 2 aromatic rings. The van der Waals surface area contributed by atoms with Crippen LogP contribution in [0.25, 0.3) is 10.9 Å². The van der Waals surface area contributed by atoms with Crippen LogP contribution in [0.2, 0.25) is 0 Å². The third-order valence-corrected chi connectivity index (χ3v) is 3.92. The average Bonchev–Trinajstić information content (AvgIpc) is 2.47. The summed E-state index contributed by atoms with van der Waals surface area (Å²) in [5, 5.41) is 0.973. The first-order chi connectivity index (χ1) is 9.68. The van der Waals surface area contributed by atoms with Crippen LogP contribution in [0, 0.1) is 0 Å². The van der Waals surface area contributed by atoms with E-state index in [4.69, 9.17) is 11.5 Å². The Balaban J connectivity index is 2.13. The first-order valence-corrected chi connectivity index (χ1v) is 6.87. The van der Waals surface area contributed by atoms with Gasteiger partial charge in [-0.05, 0) is 31.4 Å². The molecule has 1 unspecified atom stereocenters. The molecule has 1 amide bonds. The maximum atomic E-state index is 11.7. The number of nitrogens with zero attached hydrogens (tertiary/aromatic N) is 2. The maximum absolute atomic E-state index is 11.7. The topological polar surface area (TPSA) is 85.2 Å². The summed E-state index contributed by atoms with van der Waals surface area (Å²) < 4.78 is 0. The molecule has 5 heteroatoms. The van der Waals surface area contributed by atoms with Crippen LogP contribution in [0.1, 0.15) is 19.3 Å². The highest BCUT2D eigenvalue weighted by molar-refractivity contribution is 5.99. The number of carbonyl (C=O) groups is 1. The Morgan fingerprint density at radius 2 is 2.15 bits per heavy atom. The second-order valence-corrected chi connectivity index (χ2v) is 5.18. The van der Waals surface area contributed by atoms with Crippen molar-refractivity contribution in [1.82, 2.24) is 4.98 Å². The summed E-state index contributed by atoms with van der Waals surface area (Å²) in [4.78, 5) is 18.1. The molecular weight excluding hydrogens is 252 g/mol. The number of aromatic nitrogens is 1. The highest BCUT2D eigenvalue weighted by Gasteiger charge is 2.28. The minimum Gasteiger partial charge on any atom is -0.397 e. The lowest BCUT2D eigenvalue weighted by atomic mass is 9.99. The Morgan fingerprint density at radius 3 is 2.95 bits per heavy atom. The molecule has 1 saturated heterocycles. The molecule has 0 spiro atoms. The number of pyridine rings is 1. The first kappa shape index (κ1) is 12.7. The van der Waals surface area contributed by atoms with Gasteiger partial charge in [0.1, 0.15) is 6.04 Å². The fourth-order valence-electron chi connectivity index (χ4n) is 2.95. The third-order valence-electron chi connectivity index (χ3n) is 3.92. The summed E-state index contributed by atoms with van der Waals surface area (Å²) in [5.74, 6) is -0.265. The van der Waals surface area contributed by atoms with E-state index in [1.54, 1.807) is 6.20 Å². The summed E-state index contributed by atoms with van der Waals surface area (Å²) in [6, 6.07) is 7.42. The van der Waals surface area contributed by atoms with Crippen molar-refractivity contribution in [2.75, 3.05) is 17.2 Å². The minimum atomic E-state index is -0.265. The Morgan fingerprint density at radius 1 is 1.30 bits per heavy atom. The lowest BCUT2D eigenvalue weighted by Gasteiger charge is -2.36. The van der Waals surface area contributed by atoms with Crippen molar-refractivity contribution < 1.29 is 4.79 Å². The highest BCUT2D eigenvalue weighted by Crippen LogP contribution is 2.32. The second kappa shape index (κ2) is 5.00. The standard InChI is InChI=1S/C15H18N4O/c16-11-5-3-4-10-12(7-8-18-14(10)11)19-9-2-1-6-13(19)15(17)20/h3-5,7-8,13H,1-2,6,9,16H2,(H2,17,20). The monoisotopic (exact) mass is 270 g/mol. The SMILES string of the molecule is NC(=O)C1CCCCN1c1ccnc2c(N)cccc12. The van der Waals surface area contributed by atoms with Gasteiger partial charge in [-0.3, -0.25) is 9.78 Å². The van der Waals surface area contributed by atoms with Crippen molar-refractivity contribution in [3.05, 3.63) is 30.5 Å². The van der Waals surface area contributed by atoms with E-state index >= 15 is 0 Å². The number of amides is 1. The van der Waals surface area contributed by atoms with Gasteiger partial charge >= 0.3 is 0 Å². The molecule has 5 nitrogen and oxygen atoms in total. The Bertz CT molecular complexity index is 655. The van der Waals surface area contributed by atoms with Crippen LogP contribution in [0.4, 0.5) is 11.4 Å². The van der Waals surface area contributed by atoms with E-state index in [0.29, 0.717) is 5.69 Å². The fraction of sp³-hybridized carbons (Fsp3) is 0.333. The molecule has 104 valence electrons. The summed E-state index contributed by atoms with van der Waals surface area (Å²) in [5.41, 5.74) is 13.9. The molecule has 0 aliphatic carbocycles. The minimum absolute atomic E-state index is 0.240. The Hall–Kier alpha value is -2.30. The molecule has 1 aliphatic heterocycles. The lowest BCUT2D eigenvalue weighted by Crippen LogP contribution is -2.47. The number of benzene rings is 1. The molecule has 1 fully saturated rings. The predicted octanol–water partition coefficient (Wildman–Crippen LogP) is 1.66. The molecular formula is C15H18N4O. The summed E-state index contributed by atoms with van der Waals surface area (Å²) in [6.07, 6.45) is 4.65. The van der Waals surface area contributed by atoms with Crippen molar-refractivity contribution in [3.63, 3.8) is 0 Å². The zero-order valence-electron chi connectivity index (χ0n) is 11.2. The molecule has 2 heterocycles. The van der Waals surface area contributed by atoms with E-state index in [-0.39, 0.29) is 11.9 Å². The maximum Gasteiger partial charge on any atom is 0.240 e. The zero-order chi connectivity index (χ0) is 14.1. The van der Waals surface area contributed by atoms with Crippen molar-refractivity contribution >= 4 is 28.2 Å². The van der Waals surface area contributed by atoms with Crippen LogP contribution in [0.3, 0.4) is 0 Å². The molecule has 0 radical (unpaired) electrons. The zero-order valence-corrected chi connectivity index (χ0v) is 11.2. The number of hydrogen-bond donors (Lipinski definition) is 2. The van der Waals surface area contributed by atoms with Crippen LogP contribution in [-0.4, -0.2) is 23.5 Å². The van der Waals surface area contributed by atoms with Gasteiger partial charge in [0, 0.05) is 23.8 Å². The summed E-state index contributed by atoms with van der Waals surface area (Å²) in [7, 11) is 0. The van der Waals surface area contributed by atoms with E-state index in [0.717, 1.165) is 42.4 Å². The summed E-state index contributed by atoms with van der Waals surface area (Å²) in [6.45, 7) is 0.835. The normalized spacial score (nSPS) is 19.2. The van der Waals surface area contributed by atoms with Gasteiger partial charge < -0.3 is 16.4 Å². The van der Waals surface area contributed by atoms with Gasteiger partial charge in [-0.1, -0.05) is 12.1 Å². The van der Waals surface area contributed by atoms with Crippen molar-refractivity contribution in [2.24, 2.45) is 5.73 Å². The van der Waals surface area contributed by atoms with Crippen LogP contribution in [0.15, 0.2) is 30.5 Å². The van der Waals surface area contributed by atoms with Gasteiger partial charge in [0.15, 0.2) is 0 Å². The second-order valence-electron chi connectivity index (χ2n) is 5.18. The third kappa shape index (κ3) is 2.05. The van der Waals surface area contributed by atoms with Crippen LogP contribution in [-0.2, 0) is 4.79 Å². The molecule has 0 bridgehead atoms. The van der Waals surface area contributed by atoms with E-state index in [9.17, 15) is 4.79 Å². The molecule has 4 N–H and O–H groups in total. The van der Waals surface area contributed by atoms with Crippen molar-refractivity contribution in [2.45, 2.75) is 25.3 Å². The molecule has 1 atom stereocenters. The number of carbonyl (C=O) groups excluding carboxylic acids is 1. The van der Waals surface area contributed by atoms with Gasteiger partial charge in [0.2, 0.25) is 5.91 Å². The van der Waals surface area contributed by atoms with E-state index in [1.807, 2.05) is 24.3 Å². The number of rotatable bonds is 2. The quantitative estimate of drug-likeness (QED) is 0.813. The number of nitrogen functional groups attached to an aromatic ring is 1. The molecule has 0 saturated carbocycles.